The highest BCUT2D eigenvalue weighted by atomic mass is 16.5. The molecule has 0 aromatic heterocycles. The average molecular weight is 228 g/mol. The molecule has 2 nitrogen and oxygen atoms in total. The Labute approximate surface area is 102 Å². The second kappa shape index (κ2) is 5.00. The molecule has 0 saturated carbocycles. The van der Waals surface area contributed by atoms with Crippen LogP contribution >= 0.6 is 0 Å². The fourth-order valence-corrected chi connectivity index (χ4v) is 1.96. The minimum atomic E-state index is -0.426. The maximum Gasteiger partial charge on any atom is 0.181 e. The third-order valence-corrected chi connectivity index (χ3v) is 2.87. The monoisotopic (exact) mass is 228 g/mol. The predicted octanol–water partition coefficient (Wildman–Crippen LogP) is 3.35. The molecular weight excluding hydrogens is 212 g/mol. The van der Waals surface area contributed by atoms with E-state index in [1.54, 1.807) is 13.2 Å². The molecule has 0 saturated heterocycles. The zero-order chi connectivity index (χ0) is 12.3. The molecule has 1 unspecified atom stereocenters. The van der Waals surface area contributed by atoms with Gasteiger partial charge in [0.1, 0.15) is 0 Å². The fraction of sp³-hybridized carbons (Fsp3) is 0.267. The van der Waals surface area contributed by atoms with Crippen LogP contribution in [0.4, 0.5) is 0 Å². The summed E-state index contributed by atoms with van der Waals surface area (Å²) in [4.78, 5) is 11.5. The smallest absolute Gasteiger partial charge is 0.181 e. The minimum Gasteiger partial charge on any atom is -0.485 e. The number of rotatable bonds is 3. The van der Waals surface area contributed by atoms with Crippen molar-refractivity contribution in [3.63, 3.8) is 0 Å². The van der Waals surface area contributed by atoms with Crippen LogP contribution in [0.1, 0.15) is 25.8 Å². The van der Waals surface area contributed by atoms with Crippen molar-refractivity contribution in [1.82, 2.24) is 0 Å². The first-order valence-electron chi connectivity index (χ1n) is 5.84. The second-order valence-electron chi connectivity index (χ2n) is 4.13. The molecule has 2 heteroatoms. The van der Waals surface area contributed by atoms with Crippen molar-refractivity contribution in [3.8, 4) is 0 Å². The van der Waals surface area contributed by atoms with Gasteiger partial charge in [0.2, 0.25) is 0 Å². The normalized spacial score (nSPS) is 21.2. The molecule has 0 aliphatic carbocycles. The van der Waals surface area contributed by atoms with Crippen LogP contribution < -0.4 is 0 Å². The van der Waals surface area contributed by atoms with Gasteiger partial charge in [0, 0.05) is 5.57 Å². The van der Waals surface area contributed by atoms with E-state index in [-0.39, 0.29) is 5.78 Å². The summed E-state index contributed by atoms with van der Waals surface area (Å²) in [6.07, 6.45) is 4.20. The van der Waals surface area contributed by atoms with Crippen LogP contribution in [0.5, 0.6) is 0 Å². The minimum absolute atomic E-state index is 0.0480. The van der Waals surface area contributed by atoms with Crippen molar-refractivity contribution in [2.75, 3.05) is 0 Å². The topological polar surface area (TPSA) is 26.3 Å². The van der Waals surface area contributed by atoms with E-state index in [0.717, 1.165) is 23.1 Å². The van der Waals surface area contributed by atoms with E-state index in [2.05, 4.69) is 6.92 Å². The molecule has 2 rings (SSSR count). The van der Waals surface area contributed by atoms with E-state index in [9.17, 15) is 4.79 Å². The Hall–Kier alpha value is -1.83. The average Bonchev–Trinajstić information content (AvgIpc) is 2.73. The predicted molar refractivity (Wildman–Crippen MR) is 68.3 cm³/mol. The van der Waals surface area contributed by atoms with Gasteiger partial charge in [-0.15, -0.1) is 0 Å². The SMILES string of the molecule is CCC1=COC(C(C)=O)C1=Cc1ccccc1. The lowest BCUT2D eigenvalue weighted by Gasteiger charge is -2.10. The van der Waals surface area contributed by atoms with Crippen LogP contribution in [0, 0.1) is 0 Å². The number of carbonyl (C=O) groups excluding carboxylic acids is 1. The van der Waals surface area contributed by atoms with Crippen molar-refractivity contribution in [3.05, 3.63) is 53.3 Å². The van der Waals surface area contributed by atoms with Crippen LogP contribution in [0.2, 0.25) is 0 Å². The van der Waals surface area contributed by atoms with Gasteiger partial charge in [0.05, 0.1) is 6.26 Å². The molecule has 88 valence electrons. The molecule has 0 amide bonds. The van der Waals surface area contributed by atoms with E-state index >= 15 is 0 Å². The molecule has 0 bridgehead atoms. The quantitative estimate of drug-likeness (QED) is 0.793. The first-order chi connectivity index (χ1) is 8.22. The Morgan fingerprint density at radius 1 is 1.35 bits per heavy atom. The molecule has 0 fully saturated rings. The fourth-order valence-electron chi connectivity index (χ4n) is 1.96. The van der Waals surface area contributed by atoms with Crippen LogP contribution in [0.15, 0.2) is 47.7 Å². The highest BCUT2D eigenvalue weighted by molar-refractivity contribution is 5.87. The van der Waals surface area contributed by atoms with Gasteiger partial charge >= 0.3 is 0 Å². The van der Waals surface area contributed by atoms with Crippen molar-refractivity contribution in [2.45, 2.75) is 26.4 Å². The molecule has 1 aliphatic rings. The number of carbonyl (C=O) groups is 1. The molecule has 1 aliphatic heterocycles. The number of ketones is 1. The number of ether oxygens (including phenoxy) is 1. The summed E-state index contributed by atoms with van der Waals surface area (Å²) < 4.78 is 5.42. The van der Waals surface area contributed by atoms with Gasteiger partial charge in [-0.3, -0.25) is 4.79 Å². The first kappa shape index (κ1) is 11.6. The van der Waals surface area contributed by atoms with E-state index in [0.29, 0.717) is 0 Å². The Kier molecular flexibility index (Phi) is 3.43. The van der Waals surface area contributed by atoms with Gasteiger partial charge in [0.25, 0.3) is 0 Å². The summed E-state index contributed by atoms with van der Waals surface area (Å²) in [5.74, 6) is 0.0480. The number of benzene rings is 1. The van der Waals surface area contributed by atoms with Gasteiger partial charge in [-0.2, -0.15) is 0 Å². The van der Waals surface area contributed by atoms with E-state index < -0.39 is 6.10 Å². The Bertz CT molecular complexity index is 469. The third-order valence-electron chi connectivity index (χ3n) is 2.87. The zero-order valence-corrected chi connectivity index (χ0v) is 10.1. The largest absolute Gasteiger partial charge is 0.485 e. The van der Waals surface area contributed by atoms with Crippen molar-refractivity contribution in [2.24, 2.45) is 0 Å². The van der Waals surface area contributed by atoms with E-state index in [1.807, 2.05) is 36.4 Å². The van der Waals surface area contributed by atoms with E-state index in [4.69, 9.17) is 4.74 Å². The first-order valence-corrected chi connectivity index (χ1v) is 5.84. The third kappa shape index (κ3) is 2.47. The Balaban J connectivity index is 2.35. The molecule has 17 heavy (non-hydrogen) atoms. The summed E-state index contributed by atoms with van der Waals surface area (Å²) in [5.41, 5.74) is 3.19. The lowest BCUT2D eigenvalue weighted by molar-refractivity contribution is -0.122. The molecule has 0 N–H and O–H groups in total. The second-order valence-corrected chi connectivity index (χ2v) is 4.13. The van der Waals surface area contributed by atoms with Gasteiger partial charge in [-0.1, -0.05) is 37.3 Å². The Morgan fingerprint density at radius 3 is 2.65 bits per heavy atom. The molecule has 1 heterocycles. The summed E-state index contributed by atoms with van der Waals surface area (Å²) >= 11 is 0. The van der Waals surface area contributed by atoms with Gasteiger partial charge in [-0.05, 0) is 30.6 Å². The van der Waals surface area contributed by atoms with Crippen molar-refractivity contribution >= 4 is 11.9 Å². The van der Waals surface area contributed by atoms with Crippen LogP contribution in [0.25, 0.3) is 6.08 Å². The molecule has 0 spiro atoms. The van der Waals surface area contributed by atoms with Crippen molar-refractivity contribution in [1.29, 1.82) is 0 Å². The lowest BCUT2D eigenvalue weighted by atomic mass is 9.97. The number of Topliss-reactive ketones (excluding diaryl/α,β-unsaturated/α-hetero) is 1. The maximum atomic E-state index is 11.5. The van der Waals surface area contributed by atoms with Crippen LogP contribution in [0.3, 0.4) is 0 Å². The number of hydrogen-bond donors (Lipinski definition) is 0. The zero-order valence-electron chi connectivity index (χ0n) is 10.1. The van der Waals surface area contributed by atoms with Crippen LogP contribution in [-0.2, 0) is 9.53 Å². The van der Waals surface area contributed by atoms with E-state index in [1.165, 1.54) is 0 Å². The molecule has 1 aromatic carbocycles. The van der Waals surface area contributed by atoms with Crippen molar-refractivity contribution < 1.29 is 9.53 Å². The Morgan fingerprint density at radius 2 is 2.06 bits per heavy atom. The highest BCUT2D eigenvalue weighted by Gasteiger charge is 2.27. The van der Waals surface area contributed by atoms with Gasteiger partial charge in [0.15, 0.2) is 11.9 Å². The van der Waals surface area contributed by atoms with Gasteiger partial charge in [-0.25, -0.2) is 0 Å². The number of hydrogen-bond acceptors (Lipinski definition) is 2. The molecule has 1 atom stereocenters. The highest BCUT2D eigenvalue weighted by Crippen LogP contribution is 2.29. The molecule has 1 aromatic rings. The standard InChI is InChI=1S/C15H16O2/c1-3-13-10-17-15(11(2)16)14(13)9-12-7-5-4-6-8-12/h4-10,15H,3H2,1-2H3. The summed E-state index contributed by atoms with van der Waals surface area (Å²) in [6.45, 7) is 3.63. The molecule has 0 radical (unpaired) electrons. The summed E-state index contributed by atoms with van der Waals surface area (Å²) in [7, 11) is 0. The summed E-state index contributed by atoms with van der Waals surface area (Å²) in [6, 6.07) is 10.00. The summed E-state index contributed by atoms with van der Waals surface area (Å²) in [5, 5.41) is 0. The van der Waals surface area contributed by atoms with Gasteiger partial charge < -0.3 is 4.74 Å². The maximum absolute atomic E-state index is 11.5. The van der Waals surface area contributed by atoms with Crippen LogP contribution in [-0.4, -0.2) is 11.9 Å². The molecular formula is C15H16O2. The lowest BCUT2D eigenvalue weighted by Crippen LogP contribution is -2.18.